The van der Waals surface area contributed by atoms with Crippen molar-refractivity contribution in [3.63, 3.8) is 0 Å². The second-order valence-electron chi connectivity index (χ2n) is 33.3. The minimum atomic E-state index is 0.0911. The van der Waals surface area contributed by atoms with Gasteiger partial charge in [0.2, 0.25) is 0 Å². The van der Waals surface area contributed by atoms with Crippen LogP contribution in [0.15, 0.2) is 135 Å². The zero-order valence-electron chi connectivity index (χ0n) is 85.2. The SMILES string of the molecule is CC.CC.CC.CC.CC.CC.CC.CC.CC(C)c1ccccc1C(C)C.CC(C)c1cccnc1C(C)C.CC(C)c1cccnc1C(C)C.CC(C)c1ccncc1C(C)(C)C.CC(C)c1ccncc1C(C)C.CC(C)c1cncnc1C(C)C.CC(C)c1nccnc1C(C)(C)C.CC(C)c1ncncc1C(C)(C)C. The first-order chi connectivity index (χ1) is 53.9. The molecule has 0 amide bonds. The summed E-state index contributed by atoms with van der Waals surface area (Å²) in [6.45, 7) is 109. The second-order valence-corrected chi connectivity index (χ2v) is 33.3. The van der Waals surface area contributed by atoms with E-state index in [0.29, 0.717) is 76.9 Å². The fraction of sp³-hybridized carbons (Fsp3) is 0.638. The number of aromatic nitrogens is 10. The largest absolute Gasteiger partial charge is 0.264 e. The van der Waals surface area contributed by atoms with Crippen molar-refractivity contribution in [2.45, 2.75) is 446 Å². The number of nitrogens with zero attached hydrogens (tertiary/aromatic N) is 10. The zero-order valence-corrected chi connectivity index (χ0v) is 85.2. The van der Waals surface area contributed by atoms with E-state index in [1.165, 1.54) is 78.4 Å². The van der Waals surface area contributed by atoms with Crippen LogP contribution in [0.3, 0.4) is 0 Å². The van der Waals surface area contributed by atoms with Gasteiger partial charge in [0, 0.05) is 90.2 Å². The third-order valence-corrected chi connectivity index (χ3v) is 16.8. The molecule has 0 saturated carbocycles. The molecule has 0 radical (unpaired) electrons. The second kappa shape index (κ2) is 71.2. The van der Waals surface area contributed by atoms with Crippen LogP contribution in [0.4, 0.5) is 0 Å². The van der Waals surface area contributed by atoms with E-state index >= 15 is 0 Å². The van der Waals surface area contributed by atoms with Gasteiger partial charge < -0.3 is 0 Å². The van der Waals surface area contributed by atoms with E-state index in [1.807, 2.05) is 172 Å². The highest BCUT2D eigenvalue weighted by Crippen LogP contribution is 2.33. The van der Waals surface area contributed by atoms with Gasteiger partial charge in [0.05, 0.1) is 11.4 Å². The van der Waals surface area contributed by atoms with E-state index in [9.17, 15) is 0 Å². The summed E-state index contributed by atoms with van der Waals surface area (Å²) >= 11 is 0. The number of pyridine rings is 4. The average molecular weight is 1590 g/mol. The molecule has 7 heterocycles. The Hall–Kier alpha value is -6.94. The molecule has 0 atom stereocenters. The molecule has 7 aromatic heterocycles. The molecule has 10 heteroatoms. The van der Waals surface area contributed by atoms with Crippen LogP contribution in [0, 0.1) is 0 Å². The summed E-state index contributed by atoms with van der Waals surface area (Å²) in [5.74, 6) is 7.19. The van der Waals surface area contributed by atoms with Crippen molar-refractivity contribution in [1.82, 2.24) is 49.8 Å². The number of rotatable bonds is 13. The standard InChI is InChI=1S/C12H19N.C12H18.2C11H18N2.3C11H17N.C10H16N2.8C2H6/c1-9(2)10-6-7-13-8-11(10)12(3,4)5;1-9(2)11-7-5-6-8-12(11)10(3)4;1-8(2)10-9(11(3,4)5)6-12-7-13-10;1-8(2)9-10(11(3,4)5)13-7-6-12-9;1-8(2)10-5-6-12-7-11(10)9(3)4;2*1-8(2)10-6-5-7-12-11(10)9(3)4;1-7(2)9-5-11-6-12-10(9)8(3)4;8*1-2/h6-9H,1-5H3;5-10H,1-4H3;2*6-8H,1-5H3;3*5-9H,1-4H3;5-8H,1-4H3;8*1-2H3. The van der Waals surface area contributed by atoms with E-state index < -0.39 is 0 Å². The minimum Gasteiger partial charge on any atom is -0.264 e. The molecular weight excluding hydrogens is 1400 g/mol. The van der Waals surface area contributed by atoms with Crippen molar-refractivity contribution in [2.24, 2.45) is 0 Å². The highest BCUT2D eigenvalue weighted by atomic mass is 14.8. The van der Waals surface area contributed by atoms with Gasteiger partial charge in [-0.3, -0.25) is 29.9 Å². The summed E-state index contributed by atoms with van der Waals surface area (Å²) in [5, 5.41) is 0. The fourth-order valence-corrected chi connectivity index (χ4v) is 11.3. The Balaban J connectivity index is -0.000000185. The van der Waals surface area contributed by atoms with Crippen LogP contribution in [-0.4, -0.2) is 49.8 Å². The molecule has 0 aliphatic carbocycles. The molecule has 8 rings (SSSR count). The Labute approximate surface area is 717 Å². The van der Waals surface area contributed by atoms with E-state index in [1.54, 1.807) is 25.0 Å². The smallest absolute Gasteiger partial charge is 0.115 e. The quantitative estimate of drug-likeness (QED) is 0.110. The highest BCUT2D eigenvalue weighted by Gasteiger charge is 2.23. The molecule has 0 fully saturated rings. The molecule has 1 aromatic carbocycles. The summed E-state index contributed by atoms with van der Waals surface area (Å²) in [6.07, 6.45) is 22.1. The van der Waals surface area contributed by atoms with Crippen LogP contribution in [0.1, 0.15) is 520 Å². The summed E-state index contributed by atoms with van der Waals surface area (Å²) in [5.41, 5.74) is 21.4. The van der Waals surface area contributed by atoms with Crippen molar-refractivity contribution >= 4 is 0 Å². The van der Waals surface area contributed by atoms with Crippen molar-refractivity contribution in [2.75, 3.05) is 0 Å². The van der Waals surface area contributed by atoms with Crippen LogP contribution in [0.25, 0.3) is 0 Å². The monoisotopic (exact) mass is 1590 g/mol. The first kappa shape index (κ1) is 124. The van der Waals surface area contributed by atoms with Gasteiger partial charge in [0.1, 0.15) is 12.7 Å². The normalized spacial score (nSPS) is 10.4. The van der Waals surface area contributed by atoms with E-state index in [4.69, 9.17) is 0 Å². The highest BCUT2D eigenvalue weighted by molar-refractivity contribution is 5.34. The molecule has 658 valence electrons. The van der Waals surface area contributed by atoms with Crippen molar-refractivity contribution in [3.8, 4) is 0 Å². The van der Waals surface area contributed by atoms with Crippen LogP contribution in [0.5, 0.6) is 0 Å². The molecule has 0 unspecified atom stereocenters. The Morgan fingerprint density at radius 1 is 0.191 bits per heavy atom. The minimum absolute atomic E-state index is 0.0911. The predicted molar refractivity (Wildman–Crippen MR) is 520 cm³/mol. The van der Waals surface area contributed by atoms with Gasteiger partial charge in [-0.25, -0.2) is 19.9 Å². The van der Waals surface area contributed by atoms with E-state index in [0.717, 1.165) is 11.4 Å². The maximum absolute atomic E-state index is 4.41. The summed E-state index contributed by atoms with van der Waals surface area (Å²) in [4.78, 5) is 42.7. The first-order valence-electron chi connectivity index (χ1n) is 45.2. The predicted octanol–water partition coefficient (Wildman–Crippen LogP) is 34.1. The molecule has 0 bridgehead atoms. The van der Waals surface area contributed by atoms with Gasteiger partial charge >= 0.3 is 0 Å². The van der Waals surface area contributed by atoms with Crippen molar-refractivity contribution < 1.29 is 0 Å². The van der Waals surface area contributed by atoms with Gasteiger partial charge in [-0.15, -0.1) is 0 Å². The first-order valence-corrected chi connectivity index (χ1v) is 45.2. The van der Waals surface area contributed by atoms with Crippen LogP contribution in [0.2, 0.25) is 0 Å². The van der Waals surface area contributed by atoms with Gasteiger partial charge in [-0.2, -0.15) is 0 Å². The lowest BCUT2D eigenvalue weighted by Gasteiger charge is -2.23. The number of hydrogen-bond donors (Lipinski definition) is 0. The molecule has 0 aliphatic rings. The van der Waals surface area contributed by atoms with Crippen molar-refractivity contribution in [3.05, 3.63) is 225 Å². The lowest BCUT2D eigenvalue weighted by Crippen LogP contribution is -2.18. The van der Waals surface area contributed by atoms with Crippen LogP contribution >= 0.6 is 0 Å². The van der Waals surface area contributed by atoms with Crippen molar-refractivity contribution in [1.29, 1.82) is 0 Å². The Bertz CT molecular complexity index is 2890. The summed E-state index contributed by atoms with van der Waals surface area (Å²) < 4.78 is 0. The molecule has 0 saturated heterocycles. The van der Waals surface area contributed by atoms with Gasteiger partial charge in [0.25, 0.3) is 0 Å². The molecular formula is C105H188N10. The topological polar surface area (TPSA) is 129 Å². The van der Waals surface area contributed by atoms with E-state index in [-0.39, 0.29) is 16.2 Å². The van der Waals surface area contributed by atoms with Gasteiger partial charge in [0.15, 0.2) is 0 Å². The lowest BCUT2D eigenvalue weighted by molar-refractivity contribution is 0.547. The third-order valence-electron chi connectivity index (χ3n) is 16.8. The van der Waals surface area contributed by atoms with Crippen LogP contribution in [-0.2, 0) is 16.2 Å². The number of hydrogen-bond acceptors (Lipinski definition) is 10. The molecule has 8 aromatic rings. The zero-order chi connectivity index (χ0) is 91.9. The average Bonchev–Trinajstić information content (AvgIpc) is 0.827. The molecule has 0 spiro atoms. The van der Waals surface area contributed by atoms with Gasteiger partial charge in [-0.1, -0.05) is 390 Å². The molecule has 0 aliphatic heterocycles. The summed E-state index contributed by atoms with van der Waals surface area (Å²) in [6, 6.07) is 21.4. The maximum atomic E-state index is 4.41. The summed E-state index contributed by atoms with van der Waals surface area (Å²) in [7, 11) is 0. The molecule has 10 nitrogen and oxygen atoms in total. The Morgan fingerprint density at radius 2 is 0.452 bits per heavy atom. The molecule has 115 heavy (non-hydrogen) atoms. The van der Waals surface area contributed by atoms with Crippen LogP contribution < -0.4 is 0 Å². The lowest BCUT2D eigenvalue weighted by atomic mass is 9.82. The fourth-order valence-electron chi connectivity index (χ4n) is 11.3. The maximum Gasteiger partial charge on any atom is 0.115 e. The van der Waals surface area contributed by atoms with Gasteiger partial charge in [-0.05, 0) is 168 Å². The third kappa shape index (κ3) is 51.8. The Morgan fingerprint density at radius 3 is 0.722 bits per heavy atom. The van der Waals surface area contributed by atoms with E-state index in [2.05, 4.69) is 341 Å². The molecule has 0 N–H and O–H groups in total. The number of benzene rings is 1. The Kier molecular flexibility index (Phi) is 76.6.